The van der Waals surface area contributed by atoms with Crippen molar-refractivity contribution < 1.29 is 35.6 Å². The summed E-state index contributed by atoms with van der Waals surface area (Å²) in [5.74, 6) is -0.142. The minimum absolute atomic E-state index is 0.0964. The minimum atomic E-state index is -4.48. The number of piperazine rings is 1. The van der Waals surface area contributed by atoms with Gasteiger partial charge in [0.25, 0.3) is 15.9 Å². The van der Waals surface area contributed by atoms with Crippen LogP contribution in [0.25, 0.3) is 11.1 Å². The SMILES string of the molecule is CCOP(=O)(O)CC1CCN(CC[C@H](CSc2ccccc2)Nc2ccc(S(=O)(=O)NC(=O)c3ccc(N4CCN(Cc5ccccc5-c5ccc(Cl)cc5)CC4)cc3)cc2S(C)(=O)=O)CC1. The Morgan fingerprint density at radius 1 is 0.851 bits per heavy atom. The molecular weight excluding hydrogens is 949 g/mol. The quantitative estimate of drug-likeness (QED) is 0.0501. The van der Waals surface area contributed by atoms with E-state index in [4.69, 9.17) is 16.1 Å². The van der Waals surface area contributed by atoms with Gasteiger partial charge < -0.3 is 24.5 Å². The van der Waals surface area contributed by atoms with Crippen molar-refractivity contribution in [2.24, 2.45) is 5.92 Å². The van der Waals surface area contributed by atoms with Crippen LogP contribution in [0.4, 0.5) is 11.4 Å². The summed E-state index contributed by atoms with van der Waals surface area (Å²) < 4.78 is 73.5. The highest BCUT2D eigenvalue weighted by Gasteiger charge is 2.29. The fraction of sp³-hybridized carbons (Fsp3) is 0.367. The lowest BCUT2D eigenvalue weighted by Crippen LogP contribution is -2.46. The first-order valence-electron chi connectivity index (χ1n) is 22.5. The molecule has 1 amide bonds. The Bertz CT molecular complexity index is 2720. The van der Waals surface area contributed by atoms with Crippen LogP contribution in [0.2, 0.25) is 5.02 Å². The molecule has 358 valence electrons. The van der Waals surface area contributed by atoms with Crippen LogP contribution in [0.5, 0.6) is 0 Å². The first-order valence-corrected chi connectivity index (χ1v) is 29.0. The average molecular weight is 1010 g/mol. The van der Waals surface area contributed by atoms with Crippen LogP contribution < -0.4 is 14.9 Å². The standard InChI is InChI=1S/C49H59ClN5O8PS3/c1-3-63-64(57,58)35-37-23-26-53(27-24-37)28-25-42(36-65-44-10-5-4-6-11-44)51-47-22-21-45(33-48(47)66(2,59)60)67(61,62)52-49(56)39-15-19-43(20-16-39)55-31-29-54(30-32-55)34-40-9-7-8-12-46(40)38-13-17-41(50)18-14-38/h4-22,33,37,42,51H,3,23-32,34-36H2,1-2H3,(H,52,56)(H,57,58)/t42-/m1/s1. The first-order chi connectivity index (χ1) is 32.0. The van der Waals surface area contributed by atoms with Gasteiger partial charge in [-0.3, -0.25) is 14.3 Å². The number of carbonyl (C=O) groups is 1. The molecule has 0 bridgehead atoms. The molecule has 0 aromatic heterocycles. The van der Waals surface area contributed by atoms with E-state index in [1.165, 1.54) is 23.3 Å². The first kappa shape index (κ1) is 50.7. The lowest BCUT2D eigenvalue weighted by Gasteiger charge is -2.36. The van der Waals surface area contributed by atoms with Crippen molar-refractivity contribution in [3.05, 3.63) is 137 Å². The van der Waals surface area contributed by atoms with Crippen LogP contribution in [-0.4, -0.2) is 114 Å². The number of thioether (sulfide) groups is 1. The summed E-state index contributed by atoms with van der Waals surface area (Å²) in [6, 6.07) is 36.6. The number of carbonyl (C=O) groups excluding carboxylic acids is 1. The third-order valence-electron chi connectivity index (χ3n) is 12.2. The molecule has 0 aliphatic carbocycles. The second-order valence-corrected chi connectivity index (χ2v) is 24.2. The molecule has 5 aromatic rings. The predicted octanol–water partition coefficient (Wildman–Crippen LogP) is 8.75. The highest BCUT2D eigenvalue weighted by molar-refractivity contribution is 7.99. The average Bonchev–Trinajstić information content (AvgIpc) is 3.31. The van der Waals surface area contributed by atoms with Gasteiger partial charge in [0, 0.05) is 78.5 Å². The Hall–Kier alpha value is -4.22. The lowest BCUT2D eigenvalue weighted by atomic mass is 9.98. The zero-order valence-corrected chi connectivity index (χ0v) is 41.9. The number of sulfonamides is 1. The predicted molar refractivity (Wildman–Crippen MR) is 270 cm³/mol. The second kappa shape index (κ2) is 22.9. The van der Waals surface area contributed by atoms with E-state index in [0.29, 0.717) is 23.7 Å². The number of hydrogen-bond acceptors (Lipinski definition) is 12. The zero-order valence-electron chi connectivity index (χ0n) is 37.8. The number of amides is 1. The van der Waals surface area contributed by atoms with Gasteiger partial charge in [0.05, 0.1) is 28.2 Å². The fourth-order valence-corrected chi connectivity index (χ4v) is 13.2. The Balaban J connectivity index is 0.964. The molecule has 7 rings (SSSR count). The van der Waals surface area contributed by atoms with Crippen LogP contribution in [0.15, 0.2) is 136 Å². The molecule has 3 N–H and O–H groups in total. The van der Waals surface area contributed by atoms with E-state index in [-0.39, 0.29) is 45.8 Å². The summed E-state index contributed by atoms with van der Waals surface area (Å²) >= 11 is 7.76. The van der Waals surface area contributed by atoms with Crippen LogP contribution >= 0.6 is 31.0 Å². The van der Waals surface area contributed by atoms with Crippen molar-refractivity contribution in [3.8, 4) is 11.1 Å². The van der Waals surface area contributed by atoms with Gasteiger partial charge in [0.1, 0.15) is 0 Å². The Kier molecular flexibility index (Phi) is 17.3. The third-order valence-corrected chi connectivity index (χ3v) is 17.7. The van der Waals surface area contributed by atoms with E-state index >= 15 is 0 Å². The molecule has 1 unspecified atom stereocenters. The van der Waals surface area contributed by atoms with Gasteiger partial charge in [-0.25, -0.2) is 21.6 Å². The van der Waals surface area contributed by atoms with E-state index in [1.54, 1.807) is 30.8 Å². The number of benzene rings is 5. The number of nitrogens with zero attached hydrogens (tertiary/aromatic N) is 3. The number of sulfone groups is 1. The lowest BCUT2D eigenvalue weighted by molar-refractivity contribution is 0.0981. The summed E-state index contributed by atoms with van der Waals surface area (Å²) in [6.45, 7) is 8.13. The van der Waals surface area contributed by atoms with Crippen molar-refractivity contribution in [2.45, 2.75) is 53.5 Å². The molecule has 2 saturated heterocycles. The zero-order chi connectivity index (χ0) is 47.6. The molecule has 2 aliphatic heterocycles. The summed E-state index contributed by atoms with van der Waals surface area (Å²) in [5.41, 5.74) is 4.86. The van der Waals surface area contributed by atoms with Crippen molar-refractivity contribution in [2.75, 3.05) is 80.8 Å². The van der Waals surface area contributed by atoms with Crippen LogP contribution in [0.1, 0.15) is 42.1 Å². The van der Waals surface area contributed by atoms with Gasteiger partial charge in [-0.15, -0.1) is 11.8 Å². The number of nitrogens with one attached hydrogen (secondary N) is 2. The number of hydrogen-bond donors (Lipinski definition) is 3. The normalized spacial score (nSPS) is 16.9. The van der Waals surface area contributed by atoms with Crippen molar-refractivity contribution >= 4 is 68.1 Å². The maximum atomic E-state index is 13.7. The number of anilines is 2. The van der Waals surface area contributed by atoms with E-state index in [2.05, 4.69) is 42.9 Å². The van der Waals surface area contributed by atoms with E-state index in [9.17, 15) is 31.1 Å². The van der Waals surface area contributed by atoms with E-state index < -0.39 is 33.4 Å². The fourth-order valence-electron chi connectivity index (χ4n) is 8.58. The summed E-state index contributed by atoms with van der Waals surface area (Å²) in [7, 11) is -12.0. The monoisotopic (exact) mass is 1010 g/mol. The highest BCUT2D eigenvalue weighted by Crippen LogP contribution is 2.45. The Morgan fingerprint density at radius 2 is 1.52 bits per heavy atom. The van der Waals surface area contributed by atoms with Crippen molar-refractivity contribution in [1.29, 1.82) is 0 Å². The van der Waals surface area contributed by atoms with E-state index in [1.807, 2.05) is 72.8 Å². The summed E-state index contributed by atoms with van der Waals surface area (Å²) in [4.78, 5) is 31.0. The maximum Gasteiger partial charge on any atom is 0.328 e. The molecule has 0 spiro atoms. The molecule has 2 heterocycles. The molecule has 2 aliphatic rings. The number of likely N-dealkylation sites (tertiary alicyclic amines) is 1. The van der Waals surface area contributed by atoms with Crippen LogP contribution in [-0.2, 0) is 35.5 Å². The summed E-state index contributed by atoms with van der Waals surface area (Å²) in [6.07, 6.45) is 3.36. The molecule has 18 heteroatoms. The number of piperidine rings is 1. The molecule has 2 fully saturated rings. The largest absolute Gasteiger partial charge is 0.380 e. The maximum absolute atomic E-state index is 13.7. The second-order valence-electron chi connectivity index (χ2n) is 17.1. The molecule has 0 saturated carbocycles. The molecular formula is C49H59ClN5O8PS3. The molecule has 2 atom stereocenters. The van der Waals surface area contributed by atoms with Gasteiger partial charge >= 0.3 is 7.60 Å². The molecule has 67 heavy (non-hydrogen) atoms. The molecule has 13 nitrogen and oxygen atoms in total. The van der Waals surface area contributed by atoms with Gasteiger partial charge in [-0.2, -0.15) is 0 Å². The number of rotatable bonds is 20. The molecule has 0 radical (unpaired) electrons. The van der Waals surface area contributed by atoms with Gasteiger partial charge in [0.15, 0.2) is 9.84 Å². The van der Waals surface area contributed by atoms with Crippen LogP contribution in [0.3, 0.4) is 0 Å². The topological polar surface area (TPSA) is 166 Å². The smallest absolute Gasteiger partial charge is 0.328 e. The van der Waals surface area contributed by atoms with Crippen molar-refractivity contribution in [3.63, 3.8) is 0 Å². The number of halogens is 1. The molecule has 5 aromatic carbocycles. The highest BCUT2D eigenvalue weighted by atomic mass is 35.5. The van der Waals surface area contributed by atoms with Gasteiger partial charge in [-0.05, 0) is 129 Å². The minimum Gasteiger partial charge on any atom is -0.380 e. The Morgan fingerprint density at radius 3 is 2.19 bits per heavy atom. The van der Waals surface area contributed by atoms with Crippen LogP contribution in [0, 0.1) is 5.92 Å². The summed E-state index contributed by atoms with van der Waals surface area (Å²) in [5, 5.41) is 4.11. The van der Waals surface area contributed by atoms with Gasteiger partial charge in [0.2, 0.25) is 0 Å². The van der Waals surface area contributed by atoms with E-state index in [0.717, 1.165) is 87.1 Å². The van der Waals surface area contributed by atoms with Crippen molar-refractivity contribution in [1.82, 2.24) is 14.5 Å². The van der Waals surface area contributed by atoms with Gasteiger partial charge in [-0.1, -0.05) is 66.2 Å². The Labute approximate surface area is 404 Å². The third kappa shape index (κ3) is 14.4.